The van der Waals surface area contributed by atoms with E-state index in [-0.39, 0.29) is 32.6 Å². The van der Waals surface area contributed by atoms with E-state index >= 15 is 0 Å². The Kier molecular flexibility index (Phi) is 7.24. The molecule has 0 amide bonds. The van der Waals surface area contributed by atoms with Gasteiger partial charge in [-0.05, 0) is 30.3 Å². The van der Waals surface area contributed by atoms with Crippen LogP contribution in [0.4, 0.5) is 5.82 Å². The number of anilines is 1. The molecule has 1 aromatic heterocycles. The Balaban J connectivity index is 2.02. The summed E-state index contributed by atoms with van der Waals surface area (Å²) in [7, 11) is -2.38. The van der Waals surface area contributed by atoms with Crippen LogP contribution in [0.5, 0.6) is 11.5 Å². The Labute approximate surface area is 197 Å². The summed E-state index contributed by atoms with van der Waals surface area (Å²) in [6.07, 6.45) is 1.65. The summed E-state index contributed by atoms with van der Waals surface area (Å²) < 4.78 is 35.6. The molecule has 11 heteroatoms. The lowest BCUT2D eigenvalue weighted by Crippen LogP contribution is -2.47. The van der Waals surface area contributed by atoms with Crippen LogP contribution < -0.4 is 9.15 Å². The lowest BCUT2D eigenvalue weighted by atomic mass is 10.2. The topological polar surface area (TPSA) is 115 Å². The molecule has 3 aromatic rings. The van der Waals surface area contributed by atoms with E-state index in [1.54, 1.807) is 30.4 Å². The smallest absolute Gasteiger partial charge is 0.279 e. The van der Waals surface area contributed by atoms with Crippen molar-refractivity contribution in [3.63, 3.8) is 0 Å². The Morgan fingerprint density at radius 2 is 1.76 bits per heavy atom. The van der Waals surface area contributed by atoms with Crippen molar-refractivity contribution < 1.29 is 13.2 Å². The van der Waals surface area contributed by atoms with Crippen LogP contribution in [0.1, 0.15) is 25.0 Å². The Hall–Kier alpha value is -3.57. The van der Waals surface area contributed by atoms with Crippen LogP contribution in [0.15, 0.2) is 53.6 Å². The quantitative estimate of drug-likeness (QED) is 0.442. The number of aromatic nitrogens is 2. The summed E-state index contributed by atoms with van der Waals surface area (Å²) >= 11 is 6.04. The lowest BCUT2D eigenvalue weighted by Gasteiger charge is -2.32. The number of hydrazine groups is 1. The maximum absolute atomic E-state index is 13.6. The zero-order chi connectivity index (χ0) is 24.2. The van der Waals surface area contributed by atoms with Gasteiger partial charge >= 0.3 is 0 Å². The van der Waals surface area contributed by atoms with Gasteiger partial charge in [0.1, 0.15) is 23.6 Å². The van der Waals surface area contributed by atoms with Crippen LogP contribution in [-0.4, -0.2) is 36.3 Å². The summed E-state index contributed by atoms with van der Waals surface area (Å²) in [4.78, 5) is -0.0817. The molecule has 170 valence electrons. The predicted molar refractivity (Wildman–Crippen MR) is 123 cm³/mol. The molecule has 0 spiro atoms. The molecule has 0 unspecified atom stereocenters. The van der Waals surface area contributed by atoms with Crippen molar-refractivity contribution in [1.82, 2.24) is 14.8 Å². The molecule has 0 N–H and O–H groups in total. The van der Waals surface area contributed by atoms with Gasteiger partial charge in [-0.3, -0.25) is 4.68 Å². The molecule has 0 aliphatic heterocycles. The number of halogens is 1. The van der Waals surface area contributed by atoms with Gasteiger partial charge in [0.25, 0.3) is 10.0 Å². The zero-order valence-corrected chi connectivity index (χ0v) is 19.8. The van der Waals surface area contributed by atoms with Crippen LogP contribution in [0.3, 0.4) is 0 Å². The number of nitrogens with zero attached hydrogens (tertiary/aromatic N) is 6. The largest absolute Gasteiger partial charge is 0.456 e. The van der Waals surface area contributed by atoms with Crippen LogP contribution in [0.25, 0.3) is 0 Å². The van der Waals surface area contributed by atoms with Crippen molar-refractivity contribution in [3.05, 3.63) is 64.8 Å². The van der Waals surface area contributed by atoms with E-state index in [2.05, 4.69) is 5.10 Å². The van der Waals surface area contributed by atoms with Crippen LogP contribution in [-0.2, 0) is 17.1 Å². The molecule has 2 aromatic carbocycles. The van der Waals surface area contributed by atoms with Crippen molar-refractivity contribution in [2.45, 2.75) is 18.7 Å². The molecule has 9 nitrogen and oxygen atoms in total. The Morgan fingerprint density at radius 3 is 2.30 bits per heavy atom. The first kappa shape index (κ1) is 24.1. The summed E-state index contributed by atoms with van der Waals surface area (Å²) in [5.74, 6) is 0.709. The van der Waals surface area contributed by atoms with Crippen molar-refractivity contribution >= 4 is 27.4 Å². The second-order valence-electron chi connectivity index (χ2n) is 6.86. The fourth-order valence-electron chi connectivity index (χ4n) is 3.13. The summed E-state index contributed by atoms with van der Waals surface area (Å²) in [6.45, 7) is 4.54. The molecule has 0 radical (unpaired) electrons. The third kappa shape index (κ3) is 4.94. The molecular weight excluding hydrogens is 464 g/mol. The minimum Gasteiger partial charge on any atom is -0.456 e. The maximum atomic E-state index is 13.6. The average molecular weight is 485 g/mol. The number of sulfonamides is 1. The fourth-order valence-corrected chi connectivity index (χ4v) is 4.93. The van der Waals surface area contributed by atoms with E-state index in [1.807, 2.05) is 26.0 Å². The van der Waals surface area contributed by atoms with Crippen molar-refractivity contribution in [3.8, 4) is 23.6 Å². The monoisotopic (exact) mass is 484 g/mol. The van der Waals surface area contributed by atoms with Crippen LogP contribution >= 0.6 is 11.6 Å². The van der Waals surface area contributed by atoms with Gasteiger partial charge in [-0.15, -0.1) is 0 Å². The van der Waals surface area contributed by atoms with Crippen LogP contribution in [0.2, 0.25) is 5.02 Å². The number of aryl methyl sites for hydroxylation is 1. The molecule has 0 aliphatic rings. The predicted octanol–water partition coefficient (Wildman–Crippen LogP) is 4.06. The normalized spacial score (nSPS) is 11.1. The second kappa shape index (κ2) is 9.92. The van der Waals surface area contributed by atoms with Crippen LogP contribution in [0, 0.1) is 22.7 Å². The van der Waals surface area contributed by atoms with E-state index in [4.69, 9.17) is 21.6 Å². The molecular formula is C22H21ClN6O3S. The third-order valence-electron chi connectivity index (χ3n) is 4.77. The van der Waals surface area contributed by atoms with Gasteiger partial charge in [0.2, 0.25) is 0 Å². The molecule has 0 aliphatic carbocycles. The SMILES string of the molecule is CCN(CC)N(c1ccn(C)n1)S(=O)(=O)c1ccc(Oc2ccc(C#N)c(Cl)c2)c(C#N)c1. The van der Waals surface area contributed by atoms with Gasteiger partial charge in [0, 0.05) is 38.5 Å². The average Bonchev–Trinajstić information content (AvgIpc) is 3.22. The maximum Gasteiger partial charge on any atom is 0.279 e. The van der Waals surface area contributed by atoms with E-state index in [0.29, 0.717) is 18.8 Å². The first-order chi connectivity index (χ1) is 15.7. The molecule has 0 saturated heterocycles. The number of hydrogen-bond donors (Lipinski definition) is 0. The van der Waals surface area contributed by atoms with Gasteiger partial charge in [-0.25, -0.2) is 5.01 Å². The lowest BCUT2D eigenvalue weighted by molar-refractivity contribution is 0.316. The minimum absolute atomic E-state index is 0.0251. The first-order valence-electron chi connectivity index (χ1n) is 9.96. The third-order valence-corrected chi connectivity index (χ3v) is 6.80. The van der Waals surface area contributed by atoms with E-state index in [9.17, 15) is 13.7 Å². The minimum atomic E-state index is -4.08. The molecule has 33 heavy (non-hydrogen) atoms. The van der Waals surface area contributed by atoms with Crippen molar-refractivity contribution in [2.75, 3.05) is 17.5 Å². The number of benzene rings is 2. The summed E-state index contributed by atoms with van der Waals surface area (Å²) in [5, 5.41) is 24.7. The molecule has 0 bridgehead atoms. The highest BCUT2D eigenvalue weighted by Gasteiger charge is 2.31. The highest BCUT2D eigenvalue weighted by atomic mass is 35.5. The Morgan fingerprint density at radius 1 is 1.06 bits per heavy atom. The summed E-state index contributed by atoms with van der Waals surface area (Å²) in [6, 6.07) is 14.1. The molecule has 0 fully saturated rings. The number of ether oxygens (including phenoxy) is 1. The standard InChI is InChI=1S/C22H21ClN6O3S/c1-4-28(5-2)29(22-10-11-27(3)26-22)33(30,31)19-8-9-21(17(12-19)15-25)32-18-7-6-16(14-24)20(23)13-18/h6-13H,4-5H2,1-3H3. The van der Waals surface area contributed by atoms with Gasteiger partial charge in [-0.2, -0.15) is 28.5 Å². The molecule has 0 saturated carbocycles. The fraction of sp³-hybridized carbons (Fsp3) is 0.227. The van der Waals surface area contributed by atoms with E-state index in [0.717, 1.165) is 4.41 Å². The zero-order valence-electron chi connectivity index (χ0n) is 18.2. The first-order valence-corrected chi connectivity index (χ1v) is 11.8. The van der Waals surface area contributed by atoms with E-state index in [1.165, 1.54) is 35.0 Å². The number of nitriles is 2. The van der Waals surface area contributed by atoms with Gasteiger partial charge < -0.3 is 4.74 Å². The van der Waals surface area contributed by atoms with E-state index < -0.39 is 10.0 Å². The Bertz CT molecular complexity index is 1350. The van der Waals surface area contributed by atoms with Gasteiger partial charge in [0.05, 0.1) is 21.0 Å². The van der Waals surface area contributed by atoms with Crippen molar-refractivity contribution in [1.29, 1.82) is 10.5 Å². The van der Waals surface area contributed by atoms with Gasteiger partial charge in [-0.1, -0.05) is 25.4 Å². The highest BCUT2D eigenvalue weighted by Crippen LogP contribution is 2.32. The molecule has 3 rings (SSSR count). The second-order valence-corrected chi connectivity index (χ2v) is 9.03. The molecule has 1 heterocycles. The molecule has 0 atom stereocenters. The number of rotatable bonds is 8. The highest BCUT2D eigenvalue weighted by molar-refractivity contribution is 7.92. The number of hydrogen-bond acceptors (Lipinski definition) is 7. The van der Waals surface area contributed by atoms with Gasteiger partial charge in [0.15, 0.2) is 5.82 Å². The van der Waals surface area contributed by atoms with Crippen molar-refractivity contribution in [2.24, 2.45) is 7.05 Å². The summed E-state index contributed by atoms with van der Waals surface area (Å²) in [5.41, 5.74) is 0.314.